The fourth-order valence-corrected chi connectivity index (χ4v) is 3.82. The van der Waals surface area contributed by atoms with Gasteiger partial charge >= 0.3 is 0 Å². The molecule has 0 amide bonds. The monoisotopic (exact) mass is 448 g/mol. The van der Waals surface area contributed by atoms with E-state index < -0.39 is 0 Å². The molecule has 32 heavy (non-hydrogen) atoms. The van der Waals surface area contributed by atoms with Crippen LogP contribution in [0.25, 0.3) is 0 Å². The average molecular weight is 449 g/mol. The first-order chi connectivity index (χ1) is 15.1. The second-order valence-corrected chi connectivity index (χ2v) is 11.0. The number of hydrogen-bond donors (Lipinski definition) is 1. The second kappa shape index (κ2) is 23.3. The molecule has 0 aliphatic carbocycles. The zero-order valence-corrected chi connectivity index (χ0v) is 23.4. The lowest BCUT2D eigenvalue weighted by Crippen LogP contribution is -2.00. The summed E-state index contributed by atoms with van der Waals surface area (Å²) in [5.74, 6) is 3.20. The molecule has 1 nitrogen and oxygen atoms in total. The molecule has 0 aromatic heterocycles. The third-order valence-corrected chi connectivity index (χ3v) is 6.34. The molecular formula is C31H60O. The Morgan fingerprint density at radius 1 is 0.719 bits per heavy atom. The SMILES string of the molecule is C=CC(C)CC/C=C(\C)CCC=C(C)C.CC(C)CCCC(C)CCCC(C)CCCO. The smallest absolute Gasteiger partial charge is 0.0431 e. The van der Waals surface area contributed by atoms with Crippen LogP contribution in [0.2, 0.25) is 0 Å². The van der Waals surface area contributed by atoms with E-state index in [2.05, 4.69) is 74.1 Å². The number of hydrogen-bond acceptors (Lipinski definition) is 1. The lowest BCUT2D eigenvalue weighted by atomic mass is 9.92. The average Bonchev–Trinajstić information content (AvgIpc) is 2.72. The zero-order chi connectivity index (χ0) is 24.8. The van der Waals surface area contributed by atoms with Crippen LogP contribution < -0.4 is 0 Å². The van der Waals surface area contributed by atoms with Gasteiger partial charge in [-0.1, -0.05) is 103 Å². The standard InChI is InChI=1S/C16H34O.C15H26/c1-14(2)8-5-9-15(3)10-6-11-16(4)12-7-13-17;1-6-14(4)10-8-12-15(5)11-7-9-13(2)3/h14-17H,5-13H2,1-4H3;6,9,12,14H,1,7-8,10-11H2,2-5H3/b;15-12+. The number of allylic oxidation sites excluding steroid dienone is 5. The Morgan fingerprint density at radius 2 is 1.25 bits per heavy atom. The molecule has 0 saturated carbocycles. The minimum atomic E-state index is 0.357. The van der Waals surface area contributed by atoms with Gasteiger partial charge in [-0.3, -0.25) is 0 Å². The van der Waals surface area contributed by atoms with Crippen LogP contribution in [0.5, 0.6) is 0 Å². The van der Waals surface area contributed by atoms with Gasteiger partial charge in [0.15, 0.2) is 0 Å². The molecule has 0 fully saturated rings. The Morgan fingerprint density at radius 3 is 1.72 bits per heavy atom. The van der Waals surface area contributed by atoms with E-state index in [-0.39, 0.29) is 0 Å². The quantitative estimate of drug-likeness (QED) is 0.207. The molecule has 190 valence electrons. The van der Waals surface area contributed by atoms with Crippen molar-refractivity contribution in [1.29, 1.82) is 0 Å². The number of rotatable bonds is 18. The molecule has 0 rings (SSSR count). The molecule has 0 radical (unpaired) electrons. The first kappa shape index (κ1) is 33.4. The maximum atomic E-state index is 8.77. The van der Waals surface area contributed by atoms with E-state index in [0.717, 1.165) is 24.2 Å². The van der Waals surface area contributed by atoms with Gasteiger partial charge in [0.2, 0.25) is 0 Å². The van der Waals surface area contributed by atoms with Gasteiger partial charge in [0.05, 0.1) is 0 Å². The Labute approximate surface area is 203 Å². The summed E-state index contributed by atoms with van der Waals surface area (Å²) < 4.78 is 0. The van der Waals surface area contributed by atoms with Crippen molar-refractivity contribution in [2.45, 2.75) is 132 Å². The van der Waals surface area contributed by atoms with Crippen LogP contribution in [-0.4, -0.2) is 11.7 Å². The first-order valence-corrected chi connectivity index (χ1v) is 13.6. The van der Waals surface area contributed by atoms with E-state index in [1.807, 2.05) is 6.08 Å². The van der Waals surface area contributed by atoms with Crippen molar-refractivity contribution >= 4 is 0 Å². The van der Waals surface area contributed by atoms with E-state index in [1.165, 1.54) is 81.8 Å². The van der Waals surface area contributed by atoms with Crippen LogP contribution in [0.1, 0.15) is 132 Å². The normalized spacial score (nSPS) is 14.4. The first-order valence-electron chi connectivity index (χ1n) is 13.6. The van der Waals surface area contributed by atoms with Crippen molar-refractivity contribution < 1.29 is 5.11 Å². The van der Waals surface area contributed by atoms with Gasteiger partial charge in [-0.25, -0.2) is 0 Å². The third kappa shape index (κ3) is 27.2. The molecule has 0 aliphatic rings. The predicted molar refractivity (Wildman–Crippen MR) is 148 cm³/mol. The minimum Gasteiger partial charge on any atom is -0.396 e. The van der Waals surface area contributed by atoms with Gasteiger partial charge in [0.25, 0.3) is 0 Å². The Kier molecular flexibility index (Phi) is 24.3. The fraction of sp³-hybridized carbons (Fsp3) is 0.806. The summed E-state index contributed by atoms with van der Waals surface area (Å²) in [5, 5.41) is 8.77. The minimum absolute atomic E-state index is 0.357. The van der Waals surface area contributed by atoms with Crippen molar-refractivity contribution in [2.24, 2.45) is 23.7 Å². The molecular weight excluding hydrogens is 388 g/mol. The van der Waals surface area contributed by atoms with Gasteiger partial charge in [0, 0.05) is 6.61 Å². The van der Waals surface area contributed by atoms with Crippen molar-refractivity contribution in [3.8, 4) is 0 Å². The van der Waals surface area contributed by atoms with E-state index in [4.69, 9.17) is 5.11 Å². The van der Waals surface area contributed by atoms with E-state index in [0.29, 0.717) is 12.5 Å². The third-order valence-electron chi connectivity index (χ3n) is 6.34. The van der Waals surface area contributed by atoms with E-state index in [1.54, 1.807) is 0 Å². The zero-order valence-electron chi connectivity index (χ0n) is 23.4. The van der Waals surface area contributed by atoms with Gasteiger partial charge in [-0.2, -0.15) is 0 Å². The molecule has 1 N–H and O–H groups in total. The van der Waals surface area contributed by atoms with Gasteiger partial charge in [-0.05, 0) is 83.0 Å². The highest BCUT2D eigenvalue weighted by Gasteiger charge is 2.06. The van der Waals surface area contributed by atoms with Crippen molar-refractivity contribution in [2.75, 3.05) is 6.61 Å². The maximum Gasteiger partial charge on any atom is 0.0431 e. The van der Waals surface area contributed by atoms with Crippen LogP contribution in [0, 0.1) is 23.7 Å². The summed E-state index contributed by atoms with van der Waals surface area (Å²) in [6.07, 6.45) is 22.0. The van der Waals surface area contributed by atoms with Crippen LogP contribution in [0.15, 0.2) is 36.0 Å². The molecule has 0 aromatic rings. The highest BCUT2D eigenvalue weighted by molar-refractivity contribution is 5.02. The fourth-order valence-electron chi connectivity index (χ4n) is 3.82. The lowest BCUT2D eigenvalue weighted by Gasteiger charge is -2.14. The predicted octanol–water partition coefficient (Wildman–Crippen LogP) is 10.3. The molecule has 3 atom stereocenters. The topological polar surface area (TPSA) is 20.2 Å². The van der Waals surface area contributed by atoms with E-state index >= 15 is 0 Å². The molecule has 1 heteroatoms. The summed E-state index contributed by atoms with van der Waals surface area (Å²) in [6, 6.07) is 0. The Bertz CT molecular complexity index is 467. The number of aliphatic hydroxyl groups excluding tert-OH is 1. The molecule has 0 aromatic carbocycles. The molecule has 0 aliphatic heterocycles. The second-order valence-electron chi connectivity index (χ2n) is 11.0. The van der Waals surface area contributed by atoms with Crippen molar-refractivity contribution in [1.82, 2.24) is 0 Å². The number of aliphatic hydroxyl groups is 1. The summed E-state index contributed by atoms with van der Waals surface area (Å²) in [4.78, 5) is 0. The molecule has 0 bridgehead atoms. The van der Waals surface area contributed by atoms with E-state index in [9.17, 15) is 0 Å². The lowest BCUT2D eigenvalue weighted by molar-refractivity contribution is 0.269. The largest absolute Gasteiger partial charge is 0.396 e. The summed E-state index contributed by atoms with van der Waals surface area (Å²) in [6.45, 7) is 22.3. The maximum absolute atomic E-state index is 8.77. The highest BCUT2D eigenvalue weighted by Crippen LogP contribution is 2.20. The summed E-state index contributed by atoms with van der Waals surface area (Å²) in [7, 11) is 0. The molecule has 0 saturated heterocycles. The summed E-state index contributed by atoms with van der Waals surface area (Å²) in [5.41, 5.74) is 2.94. The highest BCUT2D eigenvalue weighted by atomic mass is 16.2. The van der Waals surface area contributed by atoms with Crippen LogP contribution in [0.4, 0.5) is 0 Å². The van der Waals surface area contributed by atoms with Crippen molar-refractivity contribution in [3.05, 3.63) is 36.0 Å². The van der Waals surface area contributed by atoms with Gasteiger partial charge < -0.3 is 5.11 Å². The van der Waals surface area contributed by atoms with Gasteiger partial charge in [-0.15, -0.1) is 6.58 Å². The Hall–Kier alpha value is -0.820. The van der Waals surface area contributed by atoms with Crippen LogP contribution in [-0.2, 0) is 0 Å². The summed E-state index contributed by atoms with van der Waals surface area (Å²) >= 11 is 0. The van der Waals surface area contributed by atoms with Gasteiger partial charge in [0.1, 0.15) is 0 Å². The van der Waals surface area contributed by atoms with Crippen molar-refractivity contribution in [3.63, 3.8) is 0 Å². The molecule has 0 spiro atoms. The Balaban J connectivity index is 0. The molecule has 3 unspecified atom stereocenters. The molecule has 0 heterocycles. The van der Waals surface area contributed by atoms with Crippen LogP contribution in [0.3, 0.4) is 0 Å². The van der Waals surface area contributed by atoms with Crippen LogP contribution >= 0.6 is 0 Å².